The van der Waals surface area contributed by atoms with Crippen molar-refractivity contribution < 1.29 is 9.90 Å². The predicted molar refractivity (Wildman–Crippen MR) is 123 cm³/mol. The summed E-state index contributed by atoms with van der Waals surface area (Å²) in [5.41, 5.74) is 3.05. The van der Waals surface area contributed by atoms with Crippen molar-refractivity contribution in [3.05, 3.63) is 95.3 Å². The van der Waals surface area contributed by atoms with E-state index in [9.17, 15) is 9.90 Å². The van der Waals surface area contributed by atoms with E-state index in [1.807, 2.05) is 62.4 Å². The first-order valence-electron chi connectivity index (χ1n) is 10.4. The van der Waals surface area contributed by atoms with Gasteiger partial charge in [0.25, 0.3) is 0 Å². The minimum absolute atomic E-state index is 0.0178. The van der Waals surface area contributed by atoms with Gasteiger partial charge in [0.15, 0.2) is 5.78 Å². The minimum atomic E-state index is -0.228. The molecule has 0 saturated carbocycles. The van der Waals surface area contributed by atoms with Gasteiger partial charge in [-0.15, -0.1) is 0 Å². The standard InChI is InChI=1S/C27H27NO2/c1-27(2)16-24(29)26(25(30)17-27)23(28-18-19-9-4-3-5-10-19)15-21-13-8-12-20-11-6-7-14-22(20)21/h3-14,29H,15-18H2,1-2H3. The Morgan fingerprint density at radius 3 is 2.40 bits per heavy atom. The first kappa shape index (κ1) is 20.1. The van der Waals surface area contributed by atoms with Gasteiger partial charge in [-0.1, -0.05) is 86.6 Å². The Morgan fingerprint density at radius 1 is 0.933 bits per heavy atom. The molecule has 3 aromatic rings. The quantitative estimate of drug-likeness (QED) is 0.519. The topological polar surface area (TPSA) is 49.7 Å². The molecule has 0 amide bonds. The van der Waals surface area contributed by atoms with Gasteiger partial charge in [-0.2, -0.15) is 0 Å². The van der Waals surface area contributed by atoms with Crippen LogP contribution in [0.25, 0.3) is 10.8 Å². The zero-order valence-corrected chi connectivity index (χ0v) is 17.6. The van der Waals surface area contributed by atoms with Crippen molar-refractivity contribution in [2.75, 3.05) is 0 Å². The van der Waals surface area contributed by atoms with Gasteiger partial charge in [-0.3, -0.25) is 9.79 Å². The lowest BCUT2D eigenvalue weighted by molar-refractivity contribution is -0.117. The number of hydrogen-bond donors (Lipinski definition) is 1. The molecule has 0 aliphatic heterocycles. The average molecular weight is 398 g/mol. The largest absolute Gasteiger partial charge is 0.511 e. The highest BCUT2D eigenvalue weighted by molar-refractivity contribution is 6.24. The fourth-order valence-electron chi connectivity index (χ4n) is 4.24. The number of aliphatic imine (C=N–C) groups is 1. The van der Waals surface area contributed by atoms with Gasteiger partial charge in [0.2, 0.25) is 0 Å². The molecule has 1 aliphatic rings. The van der Waals surface area contributed by atoms with Gasteiger partial charge in [-0.05, 0) is 27.3 Å². The SMILES string of the molecule is CC1(C)CC(=O)C(C(Cc2cccc3ccccc23)=NCc2ccccc2)=C(O)C1. The van der Waals surface area contributed by atoms with Crippen LogP contribution in [0.1, 0.15) is 37.8 Å². The Bertz CT molecular complexity index is 1130. The van der Waals surface area contributed by atoms with E-state index < -0.39 is 0 Å². The number of rotatable bonds is 5. The number of hydrogen-bond acceptors (Lipinski definition) is 3. The van der Waals surface area contributed by atoms with E-state index in [1.54, 1.807) is 0 Å². The number of aliphatic hydroxyl groups is 1. The van der Waals surface area contributed by atoms with Gasteiger partial charge >= 0.3 is 0 Å². The van der Waals surface area contributed by atoms with Crippen molar-refractivity contribution in [2.24, 2.45) is 10.4 Å². The van der Waals surface area contributed by atoms with Gasteiger partial charge in [-0.25, -0.2) is 0 Å². The summed E-state index contributed by atoms with van der Waals surface area (Å²) in [4.78, 5) is 17.9. The Labute approximate surface area is 177 Å². The number of aliphatic hydroxyl groups excluding tert-OH is 1. The number of carbonyl (C=O) groups excluding carboxylic acids is 1. The Balaban J connectivity index is 1.77. The Morgan fingerprint density at radius 2 is 1.63 bits per heavy atom. The third-order valence-corrected chi connectivity index (χ3v) is 5.67. The molecule has 152 valence electrons. The summed E-state index contributed by atoms with van der Waals surface area (Å²) >= 11 is 0. The molecule has 1 aliphatic carbocycles. The van der Waals surface area contributed by atoms with Crippen LogP contribution < -0.4 is 0 Å². The van der Waals surface area contributed by atoms with Crippen LogP contribution in [0.5, 0.6) is 0 Å². The van der Waals surface area contributed by atoms with Gasteiger partial charge in [0.1, 0.15) is 5.76 Å². The number of fused-ring (bicyclic) bond motifs is 1. The second-order valence-corrected chi connectivity index (χ2v) is 8.83. The van der Waals surface area contributed by atoms with Crippen LogP contribution in [0.4, 0.5) is 0 Å². The molecule has 0 unspecified atom stereocenters. The van der Waals surface area contributed by atoms with Crippen LogP contribution in [-0.4, -0.2) is 16.6 Å². The van der Waals surface area contributed by atoms with E-state index in [4.69, 9.17) is 4.99 Å². The molecule has 4 rings (SSSR count). The molecule has 0 saturated heterocycles. The minimum Gasteiger partial charge on any atom is -0.511 e. The van der Waals surface area contributed by atoms with Crippen LogP contribution in [-0.2, 0) is 17.8 Å². The molecule has 0 radical (unpaired) electrons. The fourth-order valence-corrected chi connectivity index (χ4v) is 4.24. The maximum absolute atomic E-state index is 13.0. The molecule has 3 heteroatoms. The zero-order valence-electron chi connectivity index (χ0n) is 17.6. The van der Waals surface area contributed by atoms with E-state index in [0.29, 0.717) is 37.1 Å². The third-order valence-electron chi connectivity index (χ3n) is 5.67. The molecule has 0 heterocycles. The maximum Gasteiger partial charge on any atom is 0.168 e. The summed E-state index contributed by atoms with van der Waals surface area (Å²) in [5, 5.41) is 13.1. The molecule has 0 bridgehead atoms. The monoisotopic (exact) mass is 397 g/mol. The summed E-state index contributed by atoms with van der Waals surface area (Å²) in [7, 11) is 0. The molecule has 0 atom stereocenters. The Hall–Kier alpha value is -3.20. The molecular formula is C27H27NO2. The molecule has 1 N–H and O–H groups in total. The van der Waals surface area contributed by atoms with Crippen LogP contribution >= 0.6 is 0 Å². The smallest absolute Gasteiger partial charge is 0.168 e. The van der Waals surface area contributed by atoms with Crippen LogP contribution in [0.2, 0.25) is 0 Å². The number of Topliss-reactive ketones (excluding diaryl/α,β-unsaturated/α-hetero) is 1. The highest BCUT2D eigenvalue weighted by Gasteiger charge is 2.35. The Kier molecular flexibility index (Phi) is 5.54. The lowest BCUT2D eigenvalue weighted by Gasteiger charge is -2.30. The van der Waals surface area contributed by atoms with Crippen molar-refractivity contribution in [2.45, 2.75) is 39.7 Å². The number of ketones is 1. The molecule has 0 aromatic heterocycles. The van der Waals surface area contributed by atoms with E-state index in [0.717, 1.165) is 21.9 Å². The summed E-state index contributed by atoms with van der Waals surface area (Å²) in [6.45, 7) is 4.52. The summed E-state index contributed by atoms with van der Waals surface area (Å²) in [6, 6.07) is 24.4. The third kappa shape index (κ3) is 4.35. The van der Waals surface area contributed by atoms with E-state index in [1.165, 1.54) is 0 Å². The second kappa shape index (κ2) is 8.27. The van der Waals surface area contributed by atoms with Gasteiger partial charge in [0.05, 0.1) is 17.8 Å². The van der Waals surface area contributed by atoms with E-state index >= 15 is 0 Å². The molecule has 3 nitrogen and oxygen atoms in total. The van der Waals surface area contributed by atoms with Crippen LogP contribution in [0.15, 0.2) is 89.1 Å². The van der Waals surface area contributed by atoms with Crippen molar-refractivity contribution in [3.63, 3.8) is 0 Å². The normalized spacial score (nSPS) is 16.9. The zero-order chi connectivity index (χ0) is 21.1. The molecule has 0 spiro atoms. The van der Waals surface area contributed by atoms with Crippen LogP contribution in [0.3, 0.4) is 0 Å². The van der Waals surface area contributed by atoms with Gasteiger partial charge in [0, 0.05) is 19.3 Å². The van der Waals surface area contributed by atoms with E-state index in [2.05, 4.69) is 24.3 Å². The average Bonchev–Trinajstić information content (AvgIpc) is 2.71. The summed E-state index contributed by atoms with van der Waals surface area (Å²) in [6.07, 6.45) is 1.43. The second-order valence-electron chi connectivity index (χ2n) is 8.83. The van der Waals surface area contributed by atoms with Gasteiger partial charge < -0.3 is 5.11 Å². The number of benzene rings is 3. The van der Waals surface area contributed by atoms with Crippen LogP contribution in [0, 0.1) is 5.41 Å². The molecule has 0 fully saturated rings. The highest BCUT2D eigenvalue weighted by Crippen LogP contribution is 2.37. The molecular weight excluding hydrogens is 370 g/mol. The fraction of sp³-hybridized carbons (Fsp3) is 0.259. The number of carbonyl (C=O) groups is 1. The first-order valence-corrected chi connectivity index (χ1v) is 10.4. The first-order chi connectivity index (χ1) is 14.4. The molecule has 30 heavy (non-hydrogen) atoms. The highest BCUT2D eigenvalue weighted by atomic mass is 16.3. The van der Waals surface area contributed by atoms with E-state index in [-0.39, 0.29) is 17.0 Å². The maximum atomic E-state index is 13.0. The lowest BCUT2D eigenvalue weighted by Crippen LogP contribution is -2.30. The van der Waals surface area contributed by atoms with Crippen molar-refractivity contribution in [1.82, 2.24) is 0 Å². The number of allylic oxidation sites excluding steroid dienone is 2. The van der Waals surface area contributed by atoms with Crippen molar-refractivity contribution in [3.8, 4) is 0 Å². The number of nitrogens with zero attached hydrogens (tertiary/aromatic N) is 1. The predicted octanol–water partition coefficient (Wildman–Crippen LogP) is 6.22. The molecule has 3 aromatic carbocycles. The van der Waals surface area contributed by atoms with Crippen molar-refractivity contribution in [1.29, 1.82) is 0 Å². The summed E-state index contributed by atoms with van der Waals surface area (Å²) in [5.74, 6) is 0.152. The summed E-state index contributed by atoms with van der Waals surface area (Å²) < 4.78 is 0. The van der Waals surface area contributed by atoms with Crippen molar-refractivity contribution >= 4 is 22.3 Å². The lowest BCUT2D eigenvalue weighted by atomic mass is 9.75.